The molecule has 0 radical (unpaired) electrons. The Morgan fingerprint density at radius 2 is 1.89 bits per heavy atom. The van der Waals surface area contributed by atoms with Gasteiger partial charge in [0.15, 0.2) is 5.82 Å². The quantitative estimate of drug-likeness (QED) is 0.691. The highest BCUT2D eigenvalue weighted by atomic mass is 16.5. The normalized spacial score (nSPS) is 19.7. The number of piperidine rings is 1. The van der Waals surface area contributed by atoms with Gasteiger partial charge < -0.3 is 18.9 Å². The van der Waals surface area contributed by atoms with Crippen LogP contribution in [0.15, 0.2) is 4.52 Å². The highest BCUT2D eigenvalue weighted by Crippen LogP contribution is 2.25. The van der Waals surface area contributed by atoms with Crippen LogP contribution in [-0.2, 0) is 20.7 Å². The van der Waals surface area contributed by atoms with Crippen molar-refractivity contribution in [1.82, 2.24) is 15.0 Å². The van der Waals surface area contributed by atoms with E-state index in [1.54, 1.807) is 0 Å². The molecule has 0 bridgehead atoms. The lowest BCUT2D eigenvalue weighted by molar-refractivity contribution is -0.138. The molecule has 7 heteroatoms. The summed E-state index contributed by atoms with van der Waals surface area (Å²) in [4.78, 5) is 19.0. The maximum atomic E-state index is 12.4. The van der Waals surface area contributed by atoms with Gasteiger partial charge in [-0.25, -0.2) is 0 Å². The number of carbonyl (C=O) groups excluding carboxylic acids is 1. The summed E-state index contributed by atoms with van der Waals surface area (Å²) < 4.78 is 16.8. The number of hydrogen-bond donors (Lipinski definition) is 0. The van der Waals surface area contributed by atoms with E-state index in [1.165, 1.54) is 0 Å². The molecule has 1 amide bonds. The van der Waals surface area contributed by atoms with Gasteiger partial charge in [0.25, 0.3) is 0 Å². The Morgan fingerprint density at radius 3 is 2.56 bits per heavy atom. The van der Waals surface area contributed by atoms with Crippen molar-refractivity contribution >= 4 is 5.91 Å². The summed E-state index contributed by atoms with van der Waals surface area (Å²) in [6, 6.07) is 0. The van der Waals surface area contributed by atoms with Crippen LogP contribution in [-0.4, -0.2) is 60.0 Å². The SMILES string of the molecule is CCC(CC)C(=O)N1CCC(OCCc2noc(C3CCOCC3)n2)CC1. The van der Waals surface area contributed by atoms with Crippen LogP contribution in [0.4, 0.5) is 0 Å². The first kappa shape index (κ1) is 20.3. The van der Waals surface area contributed by atoms with E-state index in [1.807, 2.05) is 4.90 Å². The molecule has 2 aliphatic rings. The number of nitrogens with zero attached hydrogens (tertiary/aromatic N) is 3. The van der Waals surface area contributed by atoms with Crippen LogP contribution in [0.2, 0.25) is 0 Å². The third kappa shape index (κ3) is 5.51. The molecule has 2 saturated heterocycles. The molecule has 2 aliphatic heterocycles. The smallest absolute Gasteiger partial charge is 0.229 e. The molecule has 3 heterocycles. The monoisotopic (exact) mass is 379 g/mol. The summed E-state index contributed by atoms with van der Waals surface area (Å²) >= 11 is 0. The Kier molecular flexibility index (Phi) is 7.64. The van der Waals surface area contributed by atoms with Gasteiger partial charge >= 0.3 is 0 Å². The van der Waals surface area contributed by atoms with Crippen molar-refractivity contribution in [2.45, 2.75) is 70.8 Å². The van der Waals surface area contributed by atoms with Gasteiger partial charge in [0.2, 0.25) is 11.8 Å². The Hall–Kier alpha value is -1.47. The lowest BCUT2D eigenvalue weighted by Gasteiger charge is -2.33. The van der Waals surface area contributed by atoms with Gasteiger partial charge in [-0.1, -0.05) is 19.0 Å². The minimum atomic E-state index is 0.172. The van der Waals surface area contributed by atoms with Gasteiger partial charge in [0.1, 0.15) is 0 Å². The predicted octanol–water partition coefficient (Wildman–Crippen LogP) is 2.95. The Morgan fingerprint density at radius 1 is 1.19 bits per heavy atom. The molecule has 0 atom stereocenters. The van der Waals surface area contributed by atoms with Gasteiger partial charge in [-0.3, -0.25) is 4.79 Å². The third-order valence-electron chi connectivity index (χ3n) is 5.82. The van der Waals surface area contributed by atoms with E-state index in [4.69, 9.17) is 14.0 Å². The fourth-order valence-electron chi connectivity index (χ4n) is 3.94. The van der Waals surface area contributed by atoms with Gasteiger partial charge in [0, 0.05) is 44.6 Å². The van der Waals surface area contributed by atoms with E-state index in [9.17, 15) is 4.79 Å². The van der Waals surface area contributed by atoms with Crippen molar-refractivity contribution in [3.05, 3.63) is 11.7 Å². The standard InChI is InChI=1S/C20H33N3O4/c1-3-15(4-2)20(24)23-10-5-17(6-11-23)26-14-9-18-21-19(27-22-18)16-7-12-25-13-8-16/h15-17H,3-14H2,1-2H3. The second kappa shape index (κ2) is 10.2. The van der Waals surface area contributed by atoms with Crippen LogP contribution in [0.1, 0.15) is 70.0 Å². The number of ether oxygens (including phenoxy) is 2. The van der Waals surface area contributed by atoms with Gasteiger partial charge in [-0.15, -0.1) is 0 Å². The minimum absolute atomic E-state index is 0.172. The number of amides is 1. The second-order valence-electron chi connectivity index (χ2n) is 7.59. The molecule has 0 spiro atoms. The summed E-state index contributed by atoms with van der Waals surface area (Å²) in [5, 5.41) is 4.09. The van der Waals surface area contributed by atoms with Gasteiger partial charge in [-0.2, -0.15) is 4.98 Å². The highest BCUT2D eigenvalue weighted by Gasteiger charge is 2.27. The Labute approximate surface area is 161 Å². The van der Waals surface area contributed by atoms with Crippen molar-refractivity contribution in [1.29, 1.82) is 0 Å². The van der Waals surface area contributed by atoms with Gasteiger partial charge in [-0.05, 0) is 38.5 Å². The summed E-state index contributed by atoms with van der Waals surface area (Å²) in [6.07, 6.45) is 6.45. The first-order valence-electron chi connectivity index (χ1n) is 10.5. The minimum Gasteiger partial charge on any atom is -0.381 e. The maximum absolute atomic E-state index is 12.4. The fraction of sp³-hybridized carbons (Fsp3) is 0.850. The summed E-state index contributed by atoms with van der Waals surface area (Å²) in [5.41, 5.74) is 0. The van der Waals surface area contributed by atoms with Crippen molar-refractivity contribution in [2.24, 2.45) is 5.92 Å². The number of likely N-dealkylation sites (tertiary alicyclic amines) is 1. The Bertz CT molecular complexity index is 574. The molecule has 0 saturated carbocycles. The molecular formula is C20H33N3O4. The van der Waals surface area contributed by atoms with E-state index in [2.05, 4.69) is 24.0 Å². The lowest BCUT2D eigenvalue weighted by Crippen LogP contribution is -2.43. The van der Waals surface area contributed by atoms with Crippen LogP contribution >= 0.6 is 0 Å². The molecule has 27 heavy (non-hydrogen) atoms. The number of rotatable bonds is 8. The van der Waals surface area contributed by atoms with Crippen LogP contribution in [0.5, 0.6) is 0 Å². The Balaban J connectivity index is 1.36. The number of hydrogen-bond acceptors (Lipinski definition) is 6. The van der Waals surface area contributed by atoms with Crippen molar-refractivity contribution in [3.63, 3.8) is 0 Å². The van der Waals surface area contributed by atoms with E-state index in [0.29, 0.717) is 24.9 Å². The van der Waals surface area contributed by atoms with Crippen LogP contribution in [0, 0.1) is 5.92 Å². The lowest BCUT2D eigenvalue weighted by atomic mass is 9.99. The fourth-order valence-corrected chi connectivity index (χ4v) is 3.94. The summed E-state index contributed by atoms with van der Waals surface area (Å²) in [6.45, 7) is 7.92. The molecule has 7 nitrogen and oxygen atoms in total. The van der Waals surface area contributed by atoms with E-state index in [-0.39, 0.29) is 12.0 Å². The molecule has 0 aromatic carbocycles. The number of aromatic nitrogens is 2. The zero-order chi connectivity index (χ0) is 19.1. The molecule has 0 N–H and O–H groups in total. The van der Waals surface area contributed by atoms with Crippen molar-refractivity contribution in [2.75, 3.05) is 32.9 Å². The predicted molar refractivity (Wildman–Crippen MR) is 100 cm³/mol. The zero-order valence-electron chi connectivity index (χ0n) is 16.7. The van der Waals surface area contributed by atoms with Crippen LogP contribution in [0.3, 0.4) is 0 Å². The van der Waals surface area contributed by atoms with E-state index in [0.717, 1.165) is 76.5 Å². The van der Waals surface area contributed by atoms with Crippen LogP contribution < -0.4 is 0 Å². The summed E-state index contributed by atoms with van der Waals surface area (Å²) in [5.74, 6) is 2.27. The highest BCUT2D eigenvalue weighted by molar-refractivity contribution is 5.78. The van der Waals surface area contributed by atoms with E-state index < -0.39 is 0 Å². The molecular weight excluding hydrogens is 346 g/mol. The topological polar surface area (TPSA) is 77.7 Å². The first-order chi connectivity index (χ1) is 13.2. The maximum Gasteiger partial charge on any atom is 0.229 e. The van der Waals surface area contributed by atoms with E-state index >= 15 is 0 Å². The third-order valence-corrected chi connectivity index (χ3v) is 5.82. The molecule has 3 rings (SSSR count). The first-order valence-corrected chi connectivity index (χ1v) is 10.5. The van der Waals surface area contributed by atoms with Crippen molar-refractivity contribution in [3.8, 4) is 0 Å². The second-order valence-corrected chi connectivity index (χ2v) is 7.59. The van der Waals surface area contributed by atoms with Crippen LogP contribution in [0.25, 0.3) is 0 Å². The molecule has 1 aromatic heterocycles. The molecule has 0 aliphatic carbocycles. The molecule has 152 valence electrons. The van der Waals surface area contributed by atoms with Crippen molar-refractivity contribution < 1.29 is 18.8 Å². The molecule has 2 fully saturated rings. The summed E-state index contributed by atoms with van der Waals surface area (Å²) in [7, 11) is 0. The molecule has 1 aromatic rings. The average Bonchev–Trinajstić information content (AvgIpc) is 3.19. The zero-order valence-corrected chi connectivity index (χ0v) is 16.7. The largest absolute Gasteiger partial charge is 0.381 e. The number of carbonyl (C=O) groups is 1. The van der Waals surface area contributed by atoms with Gasteiger partial charge in [0.05, 0.1) is 12.7 Å². The molecule has 0 unspecified atom stereocenters. The average molecular weight is 380 g/mol.